The number of ether oxygens (including phenoxy) is 4. The minimum Gasteiger partial charge on any atom is -0.508 e. The molecular formula is C30H28O13. The second kappa shape index (κ2) is 12.2. The van der Waals surface area contributed by atoms with Crippen molar-refractivity contribution in [2.75, 3.05) is 6.61 Å². The molecule has 0 spiro atoms. The second-order valence-electron chi connectivity index (χ2n) is 9.98. The Morgan fingerprint density at radius 1 is 0.884 bits per heavy atom. The number of aliphatic hydroxyl groups is 3. The lowest BCUT2D eigenvalue weighted by Gasteiger charge is -2.40. The molecule has 226 valence electrons. The highest BCUT2D eigenvalue weighted by Crippen LogP contribution is 2.43. The molecule has 5 rings (SSSR count). The van der Waals surface area contributed by atoms with Crippen molar-refractivity contribution in [2.24, 2.45) is 0 Å². The van der Waals surface area contributed by atoms with Crippen LogP contribution in [0.4, 0.5) is 0 Å². The van der Waals surface area contributed by atoms with Gasteiger partial charge in [0.05, 0.1) is 6.42 Å². The first-order chi connectivity index (χ1) is 20.5. The molecular weight excluding hydrogens is 568 g/mol. The van der Waals surface area contributed by atoms with Crippen LogP contribution in [0.15, 0.2) is 60.7 Å². The standard InChI is InChI=1S/C30H28O13/c31-16-5-1-14(2-6-16)3-8-25(36)40-13-24-27(37)28(38)29(39)30(43-24)41-17-10-20(34)26-21(35)12-22(42-23(26)11-17)15-4-7-18(32)19(33)9-15/h1-11,22,24,27-34,37-39H,12-13H2/t22-,24+,27+,28-,29+,30+/m0/s1. The summed E-state index contributed by atoms with van der Waals surface area (Å²) in [6.45, 7) is -0.516. The van der Waals surface area contributed by atoms with E-state index in [1.807, 2.05) is 0 Å². The van der Waals surface area contributed by atoms with Gasteiger partial charge in [-0.15, -0.1) is 0 Å². The van der Waals surface area contributed by atoms with Crippen molar-refractivity contribution in [3.8, 4) is 34.5 Å². The van der Waals surface area contributed by atoms with Crippen molar-refractivity contribution in [1.82, 2.24) is 0 Å². The topological polar surface area (TPSA) is 213 Å². The third-order valence-electron chi connectivity index (χ3n) is 6.96. The summed E-state index contributed by atoms with van der Waals surface area (Å²) in [6.07, 6.45) is -6.55. The lowest BCUT2D eigenvalue weighted by molar-refractivity contribution is -0.278. The number of aromatic hydroxyl groups is 4. The molecule has 1 fully saturated rings. The van der Waals surface area contributed by atoms with Crippen molar-refractivity contribution in [3.05, 3.63) is 77.4 Å². The van der Waals surface area contributed by atoms with E-state index in [1.54, 1.807) is 12.1 Å². The monoisotopic (exact) mass is 596 g/mol. The predicted molar refractivity (Wildman–Crippen MR) is 146 cm³/mol. The number of phenolic OH excluding ortho intramolecular Hbond substituents is 4. The van der Waals surface area contributed by atoms with Crippen LogP contribution in [-0.4, -0.2) is 84.8 Å². The summed E-state index contributed by atoms with van der Waals surface area (Å²) in [4.78, 5) is 25.0. The molecule has 0 amide bonds. The summed E-state index contributed by atoms with van der Waals surface area (Å²) in [5.41, 5.74) is 0.887. The Labute approximate surface area is 244 Å². The zero-order chi connectivity index (χ0) is 30.8. The lowest BCUT2D eigenvalue weighted by Crippen LogP contribution is -2.60. The van der Waals surface area contributed by atoms with E-state index in [4.69, 9.17) is 18.9 Å². The maximum absolute atomic E-state index is 12.8. The minimum atomic E-state index is -1.76. The SMILES string of the molecule is O=C(C=Cc1ccc(O)cc1)OC[C@H]1O[C@@H](Oc2cc(O)c3c(c2)O[C@H](c2ccc(O)c(O)c2)CC3=O)[C@H](O)[C@@H](O)[C@@H]1O. The number of carbonyl (C=O) groups is 2. The fourth-order valence-corrected chi connectivity index (χ4v) is 4.66. The molecule has 0 radical (unpaired) electrons. The van der Waals surface area contributed by atoms with E-state index in [9.17, 15) is 45.3 Å². The van der Waals surface area contributed by atoms with Gasteiger partial charge in [0.25, 0.3) is 0 Å². The van der Waals surface area contributed by atoms with Crippen molar-refractivity contribution in [2.45, 2.75) is 43.2 Å². The van der Waals surface area contributed by atoms with Gasteiger partial charge in [0.2, 0.25) is 6.29 Å². The Balaban J connectivity index is 1.27. The summed E-state index contributed by atoms with van der Waals surface area (Å²) in [7, 11) is 0. The van der Waals surface area contributed by atoms with E-state index in [2.05, 4.69) is 0 Å². The van der Waals surface area contributed by atoms with Crippen LogP contribution in [0.5, 0.6) is 34.5 Å². The van der Waals surface area contributed by atoms with Crippen LogP contribution < -0.4 is 9.47 Å². The van der Waals surface area contributed by atoms with Crippen LogP contribution in [0.2, 0.25) is 0 Å². The van der Waals surface area contributed by atoms with Gasteiger partial charge in [0.15, 0.2) is 17.3 Å². The number of benzene rings is 3. The Kier molecular flexibility index (Phi) is 8.41. The third kappa shape index (κ3) is 6.49. The van der Waals surface area contributed by atoms with Crippen molar-refractivity contribution < 1.29 is 64.3 Å². The van der Waals surface area contributed by atoms with Crippen LogP contribution in [0.1, 0.15) is 34.0 Å². The average molecular weight is 597 g/mol. The molecule has 1 saturated heterocycles. The molecule has 0 aromatic heterocycles. The normalized spacial score (nSPS) is 25.1. The maximum atomic E-state index is 12.8. The maximum Gasteiger partial charge on any atom is 0.330 e. The summed E-state index contributed by atoms with van der Waals surface area (Å²) >= 11 is 0. The number of hydrogen-bond acceptors (Lipinski definition) is 13. The second-order valence-corrected chi connectivity index (χ2v) is 9.98. The number of rotatable bonds is 7. The number of carbonyl (C=O) groups excluding carboxylic acids is 2. The quantitative estimate of drug-likeness (QED) is 0.118. The van der Waals surface area contributed by atoms with Crippen LogP contribution in [0, 0.1) is 0 Å². The van der Waals surface area contributed by atoms with Crippen molar-refractivity contribution in [1.29, 1.82) is 0 Å². The van der Waals surface area contributed by atoms with Gasteiger partial charge in [-0.25, -0.2) is 4.79 Å². The molecule has 7 N–H and O–H groups in total. The Morgan fingerprint density at radius 2 is 1.63 bits per heavy atom. The minimum absolute atomic E-state index is 0.0618. The molecule has 6 atom stereocenters. The van der Waals surface area contributed by atoms with E-state index < -0.39 is 66.7 Å². The zero-order valence-corrected chi connectivity index (χ0v) is 22.3. The highest BCUT2D eigenvalue weighted by Gasteiger charge is 2.45. The number of ketones is 1. The fourth-order valence-electron chi connectivity index (χ4n) is 4.66. The van der Waals surface area contributed by atoms with E-state index in [0.29, 0.717) is 11.1 Å². The van der Waals surface area contributed by atoms with E-state index in [-0.39, 0.29) is 35.0 Å². The average Bonchev–Trinajstić information content (AvgIpc) is 2.97. The fraction of sp³-hybridized carbons (Fsp3) is 0.267. The highest BCUT2D eigenvalue weighted by molar-refractivity contribution is 6.02. The van der Waals surface area contributed by atoms with Crippen molar-refractivity contribution >= 4 is 17.8 Å². The first kappa shape index (κ1) is 29.7. The summed E-state index contributed by atoms with van der Waals surface area (Å²) < 4.78 is 22.2. The number of esters is 1. The van der Waals surface area contributed by atoms with Gasteiger partial charge >= 0.3 is 5.97 Å². The zero-order valence-electron chi connectivity index (χ0n) is 22.3. The van der Waals surface area contributed by atoms with Gasteiger partial charge in [-0.05, 0) is 41.5 Å². The molecule has 0 bridgehead atoms. The number of Topliss-reactive ketones (excluding diaryl/α,β-unsaturated/α-hetero) is 1. The molecule has 13 nitrogen and oxygen atoms in total. The largest absolute Gasteiger partial charge is 0.508 e. The number of aliphatic hydroxyl groups excluding tert-OH is 3. The Bertz CT molecular complexity index is 1530. The van der Waals surface area contributed by atoms with Gasteiger partial charge in [0.1, 0.15) is 65.7 Å². The number of phenols is 4. The number of fused-ring (bicyclic) bond motifs is 1. The molecule has 2 aliphatic heterocycles. The van der Waals surface area contributed by atoms with Gasteiger partial charge in [0, 0.05) is 18.2 Å². The smallest absolute Gasteiger partial charge is 0.330 e. The van der Waals surface area contributed by atoms with Crippen LogP contribution >= 0.6 is 0 Å². The molecule has 43 heavy (non-hydrogen) atoms. The molecule has 13 heteroatoms. The van der Waals surface area contributed by atoms with Gasteiger partial charge in [-0.2, -0.15) is 0 Å². The highest BCUT2D eigenvalue weighted by atomic mass is 16.7. The van der Waals surface area contributed by atoms with Crippen LogP contribution in [-0.2, 0) is 14.3 Å². The summed E-state index contributed by atoms with van der Waals surface area (Å²) in [6, 6.07) is 12.3. The Morgan fingerprint density at radius 3 is 2.35 bits per heavy atom. The van der Waals surface area contributed by atoms with Crippen molar-refractivity contribution in [3.63, 3.8) is 0 Å². The third-order valence-corrected chi connectivity index (χ3v) is 6.96. The first-order valence-corrected chi connectivity index (χ1v) is 13.1. The summed E-state index contributed by atoms with van der Waals surface area (Å²) in [5, 5.41) is 70.6. The molecule has 3 aromatic rings. The van der Waals surface area contributed by atoms with Crippen LogP contribution in [0.3, 0.4) is 0 Å². The summed E-state index contributed by atoms with van der Waals surface area (Å²) in [5.74, 6) is -2.63. The Hall–Kier alpha value is -4.82. The van der Waals surface area contributed by atoms with E-state index in [0.717, 1.165) is 12.1 Å². The van der Waals surface area contributed by atoms with Gasteiger partial charge in [-0.3, -0.25) is 4.79 Å². The molecule has 0 aliphatic carbocycles. The van der Waals surface area contributed by atoms with Gasteiger partial charge in [-0.1, -0.05) is 18.2 Å². The van der Waals surface area contributed by atoms with Gasteiger partial charge < -0.3 is 54.7 Å². The van der Waals surface area contributed by atoms with E-state index in [1.165, 1.54) is 42.5 Å². The molecule has 3 aromatic carbocycles. The molecule has 0 unspecified atom stereocenters. The lowest BCUT2D eigenvalue weighted by atomic mass is 9.95. The molecule has 2 aliphatic rings. The predicted octanol–water partition coefficient (Wildman–Crippen LogP) is 1.66. The van der Waals surface area contributed by atoms with E-state index >= 15 is 0 Å². The molecule has 0 saturated carbocycles. The van der Waals surface area contributed by atoms with Crippen LogP contribution in [0.25, 0.3) is 6.08 Å². The number of hydrogen-bond donors (Lipinski definition) is 7. The first-order valence-electron chi connectivity index (χ1n) is 13.1. The molecule has 2 heterocycles.